The van der Waals surface area contributed by atoms with E-state index in [-0.39, 0.29) is 11.9 Å². The minimum Gasteiger partial charge on any atom is -0.359 e. The lowest BCUT2D eigenvalue weighted by Gasteiger charge is -2.17. The summed E-state index contributed by atoms with van der Waals surface area (Å²) < 4.78 is 12.8. The van der Waals surface area contributed by atoms with E-state index in [0.29, 0.717) is 11.7 Å². The van der Waals surface area contributed by atoms with E-state index in [1.165, 1.54) is 12.1 Å². The molecule has 0 amide bonds. The molecule has 0 aliphatic heterocycles. The van der Waals surface area contributed by atoms with Gasteiger partial charge in [0.2, 0.25) is 0 Å². The summed E-state index contributed by atoms with van der Waals surface area (Å²) >= 11 is 5.14. The number of rotatable bonds is 4. The van der Waals surface area contributed by atoms with Crippen LogP contribution in [0.25, 0.3) is 0 Å². The molecule has 0 heterocycles. The highest BCUT2D eigenvalue weighted by Crippen LogP contribution is 2.12. The van der Waals surface area contributed by atoms with Crippen LogP contribution >= 0.6 is 12.2 Å². The second-order valence-corrected chi connectivity index (χ2v) is 4.47. The van der Waals surface area contributed by atoms with Gasteiger partial charge in [0.05, 0.1) is 6.04 Å². The van der Waals surface area contributed by atoms with Gasteiger partial charge in [0.15, 0.2) is 5.11 Å². The highest BCUT2D eigenvalue weighted by Gasteiger charge is 2.06. The van der Waals surface area contributed by atoms with Crippen molar-refractivity contribution in [2.45, 2.75) is 19.9 Å². The molecule has 2 nitrogen and oxygen atoms in total. The van der Waals surface area contributed by atoms with Gasteiger partial charge in [-0.15, -0.1) is 0 Å². The molecule has 4 heteroatoms. The number of nitrogens with one attached hydrogen (secondary N) is 2. The van der Waals surface area contributed by atoms with Gasteiger partial charge in [0.25, 0.3) is 0 Å². The van der Waals surface area contributed by atoms with Gasteiger partial charge in [-0.1, -0.05) is 24.3 Å². The lowest BCUT2D eigenvalue weighted by atomic mass is 10.1. The van der Waals surface area contributed by atoms with Crippen molar-refractivity contribution in [3.05, 3.63) is 47.8 Å². The first-order chi connectivity index (χ1) is 7.99. The van der Waals surface area contributed by atoms with Crippen LogP contribution in [0.1, 0.15) is 25.5 Å². The molecule has 92 valence electrons. The molecule has 0 bridgehead atoms. The minimum atomic E-state index is -0.232. The Hall–Kier alpha value is -1.42. The number of hydrogen-bond donors (Lipinski definition) is 2. The molecule has 1 aromatic carbocycles. The monoisotopic (exact) mass is 252 g/mol. The second kappa shape index (κ2) is 6.35. The van der Waals surface area contributed by atoms with E-state index < -0.39 is 0 Å². The number of benzene rings is 1. The predicted molar refractivity (Wildman–Crippen MR) is 73.4 cm³/mol. The third-order valence-electron chi connectivity index (χ3n) is 2.27. The molecule has 0 saturated carbocycles. The maximum Gasteiger partial charge on any atom is 0.167 e. The Labute approximate surface area is 107 Å². The van der Waals surface area contributed by atoms with Crippen LogP contribution in [0.4, 0.5) is 4.39 Å². The average molecular weight is 252 g/mol. The normalized spacial score (nSPS) is 11.7. The lowest BCUT2D eigenvalue weighted by Crippen LogP contribution is -2.37. The van der Waals surface area contributed by atoms with E-state index in [1.807, 2.05) is 13.8 Å². The van der Waals surface area contributed by atoms with Crippen molar-refractivity contribution in [3.63, 3.8) is 0 Å². The Balaban J connectivity index is 2.48. The number of halogens is 1. The van der Waals surface area contributed by atoms with Crippen LogP contribution in [0.2, 0.25) is 0 Å². The average Bonchev–Trinajstić information content (AvgIpc) is 2.27. The summed E-state index contributed by atoms with van der Waals surface area (Å²) in [6.07, 6.45) is 0. The topological polar surface area (TPSA) is 24.1 Å². The molecular formula is C13H17FN2S. The first-order valence-electron chi connectivity index (χ1n) is 5.43. The van der Waals surface area contributed by atoms with Crippen molar-refractivity contribution < 1.29 is 4.39 Å². The summed E-state index contributed by atoms with van der Waals surface area (Å²) in [5.74, 6) is -0.232. The highest BCUT2D eigenvalue weighted by molar-refractivity contribution is 7.80. The summed E-state index contributed by atoms with van der Waals surface area (Å²) in [5, 5.41) is 6.74. The van der Waals surface area contributed by atoms with Crippen LogP contribution in [-0.4, -0.2) is 11.7 Å². The van der Waals surface area contributed by atoms with Crippen molar-refractivity contribution >= 4 is 17.3 Å². The first-order valence-corrected chi connectivity index (χ1v) is 5.84. The van der Waals surface area contributed by atoms with Crippen LogP contribution < -0.4 is 10.6 Å². The van der Waals surface area contributed by atoms with Crippen LogP contribution in [-0.2, 0) is 0 Å². The van der Waals surface area contributed by atoms with E-state index in [1.54, 1.807) is 12.1 Å². The Morgan fingerprint density at radius 3 is 2.53 bits per heavy atom. The summed E-state index contributed by atoms with van der Waals surface area (Å²) in [5.41, 5.74) is 2.01. The Kier molecular flexibility index (Phi) is 5.10. The molecule has 0 aliphatic carbocycles. The maximum atomic E-state index is 12.8. The lowest BCUT2D eigenvalue weighted by molar-refractivity contribution is 0.624. The highest BCUT2D eigenvalue weighted by atomic mass is 32.1. The van der Waals surface area contributed by atoms with Crippen molar-refractivity contribution in [1.82, 2.24) is 10.6 Å². The Morgan fingerprint density at radius 1 is 1.41 bits per heavy atom. The zero-order valence-corrected chi connectivity index (χ0v) is 10.9. The first kappa shape index (κ1) is 13.6. The molecular weight excluding hydrogens is 235 g/mol. The molecule has 0 unspecified atom stereocenters. The van der Waals surface area contributed by atoms with Gasteiger partial charge >= 0.3 is 0 Å². The van der Waals surface area contributed by atoms with Crippen molar-refractivity contribution in [2.24, 2.45) is 0 Å². The van der Waals surface area contributed by atoms with Gasteiger partial charge in [-0.2, -0.15) is 0 Å². The zero-order valence-electron chi connectivity index (χ0n) is 10.1. The van der Waals surface area contributed by atoms with Crippen molar-refractivity contribution in [3.8, 4) is 0 Å². The molecule has 1 aromatic rings. The van der Waals surface area contributed by atoms with Crippen LogP contribution in [0.5, 0.6) is 0 Å². The molecule has 2 N–H and O–H groups in total. The second-order valence-electron chi connectivity index (χ2n) is 4.06. The third-order valence-corrected chi connectivity index (χ3v) is 2.53. The van der Waals surface area contributed by atoms with Crippen LogP contribution in [0.3, 0.4) is 0 Å². The van der Waals surface area contributed by atoms with Crippen molar-refractivity contribution in [1.29, 1.82) is 0 Å². The van der Waals surface area contributed by atoms with E-state index in [9.17, 15) is 4.39 Å². The Morgan fingerprint density at radius 2 is 2.00 bits per heavy atom. The van der Waals surface area contributed by atoms with Gasteiger partial charge in [-0.25, -0.2) is 4.39 Å². The summed E-state index contributed by atoms with van der Waals surface area (Å²) in [6.45, 7) is 8.34. The van der Waals surface area contributed by atoms with Crippen molar-refractivity contribution in [2.75, 3.05) is 6.54 Å². The molecule has 1 atom stereocenters. The number of thiocarbonyl (C=S) groups is 1. The van der Waals surface area contributed by atoms with Gasteiger partial charge in [-0.3, -0.25) is 0 Å². The molecule has 0 radical (unpaired) electrons. The minimum absolute atomic E-state index is 0.0423. The Bertz CT molecular complexity index is 400. The van der Waals surface area contributed by atoms with Crippen LogP contribution in [0.15, 0.2) is 36.4 Å². The third kappa shape index (κ3) is 4.95. The molecule has 0 saturated heterocycles. The summed E-state index contributed by atoms with van der Waals surface area (Å²) in [6, 6.07) is 6.42. The molecule has 0 spiro atoms. The fourth-order valence-corrected chi connectivity index (χ4v) is 1.56. The van der Waals surface area contributed by atoms with E-state index in [0.717, 1.165) is 11.1 Å². The summed E-state index contributed by atoms with van der Waals surface area (Å²) in [4.78, 5) is 0. The molecule has 0 fully saturated rings. The van der Waals surface area contributed by atoms with E-state index in [4.69, 9.17) is 12.2 Å². The van der Waals surface area contributed by atoms with Gasteiger partial charge < -0.3 is 10.6 Å². The smallest absolute Gasteiger partial charge is 0.167 e. The van der Waals surface area contributed by atoms with E-state index >= 15 is 0 Å². The van der Waals surface area contributed by atoms with Gasteiger partial charge in [0, 0.05) is 6.54 Å². The zero-order chi connectivity index (χ0) is 12.8. The SMILES string of the molecule is C=C(C)CNC(=S)N[C@@H](C)c1ccc(F)cc1. The quantitative estimate of drug-likeness (QED) is 0.636. The molecule has 0 aromatic heterocycles. The van der Waals surface area contributed by atoms with Gasteiger partial charge in [-0.05, 0) is 43.8 Å². The molecule has 0 aliphatic rings. The fraction of sp³-hybridized carbons (Fsp3) is 0.308. The predicted octanol–water partition coefficient (Wildman–Crippen LogP) is 2.93. The standard InChI is InChI=1S/C13H17FN2S/c1-9(2)8-15-13(17)16-10(3)11-4-6-12(14)7-5-11/h4-7,10H,1,8H2,2-3H3,(H2,15,16,17)/t10-/m0/s1. The molecule has 17 heavy (non-hydrogen) atoms. The van der Waals surface area contributed by atoms with E-state index in [2.05, 4.69) is 17.2 Å². The summed E-state index contributed by atoms with van der Waals surface area (Å²) in [7, 11) is 0. The number of hydrogen-bond acceptors (Lipinski definition) is 1. The fourth-order valence-electron chi connectivity index (χ4n) is 1.31. The molecule has 1 rings (SSSR count). The maximum absolute atomic E-state index is 12.8. The van der Waals surface area contributed by atoms with Crippen LogP contribution in [0, 0.1) is 5.82 Å². The largest absolute Gasteiger partial charge is 0.359 e. The van der Waals surface area contributed by atoms with Gasteiger partial charge in [0.1, 0.15) is 5.82 Å².